The smallest absolute Gasteiger partial charge is 0.158 e. The molecule has 0 saturated heterocycles. The van der Waals surface area contributed by atoms with Gasteiger partial charge in [0.2, 0.25) is 0 Å². The lowest BCUT2D eigenvalue weighted by Crippen LogP contribution is -2.23. The van der Waals surface area contributed by atoms with E-state index in [0.717, 1.165) is 0 Å². The summed E-state index contributed by atoms with van der Waals surface area (Å²) in [6.07, 6.45) is 3.90. The highest BCUT2D eigenvalue weighted by Gasteiger charge is 2.20. The van der Waals surface area contributed by atoms with Gasteiger partial charge in [0.1, 0.15) is 0 Å². The van der Waals surface area contributed by atoms with Crippen LogP contribution in [0, 0.1) is 5.92 Å². The minimum absolute atomic E-state index is 0.124. The lowest BCUT2D eigenvalue weighted by Gasteiger charge is -2.18. The molecule has 13 heavy (non-hydrogen) atoms. The Hall–Kier alpha value is -0.0231. The molecule has 0 aromatic heterocycles. The molecular weight excluding hydrogens is 196 g/mol. The normalized spacial score (nSPS) is 13.6. The van der Waals surface area contributed by atoms with Crippen molar-refractivity contribution in [1.29, 1.82) is 0 Å². The van der Waals surface area contributed by atoms with Crippen LogP contribution in [0.4, 0.5) is 0 Å². The topological polar surface area (TPSA) is 17.1 Å². The minimum Gasteiger partial charge on any atom is -0.295 e. The molecule has 0 spiro atoms. The van der Waals surface area contributed by atoms with E-state index >= 15 is 0 Å². The van der Waals surface area contributed by atoms with Gasteiger partial charge in [-0.2, -0.15) is 0 Å². The predicted molar refractivity (Wildman–Crippen MR) is 64.8 cm³/mol. The first kappa shape index (κ1) is 13.0. The van der Waals surface area contributed by atoms with Crippen molar-refractivity contribution in [3.63, 3.8) is 0 Å². The summed E-state index contributed by atoms with van der Waals surface area (Å²) in [6.45, 7) is 10.7. The van der Waals surface area contributed by atoms with Crippen LogP contribution in [0.25, 0.3) is 0 Å². The van der Waals surface area contributed by atoms with Crippen LogP contribution in [0.3, 0.4) is 0 Å². The van der Waals surface area contributed by atoms with Crippen molar-refractivity contribution in [3.05, 3.63) is 10.6 Å². The van der Waals surface area contributed by atoms with Gasteiger partial charge in [-0.25, -0.2) is 0 Å². The van der Waals surface area contributed by atoms with E-state index in [1.54, 1.807) is 11.8 Å². The van der Waals surface area contributed by atoms with E-state index in [-0.39, 0.29) is 11.7 Å². The van der Waals surface area contributed by atoms with Crippen LogP contribution in [-0.4, -0.2) is 20.1 Å². The van der Waals surface area contributed by atoms with E-state index in [9.17, 15) is 4.79 Å². The number of rotatable bonds is 4. The summed E-state index contributed by atoms with van der Waals surface area (Å²) in [5, 5.41) is 0. The fraction of sp³-hybridized carbons (Fsp3) is 0.700. The van der Waals surface area contributed by atoms with Crippen molar-refractivity contribution < 1.29 is 4.79 Å². The van der Waals surface area contributed by atoms with Crippen molar-refractivity contribution in [1.82, 2.24) is 0 Å². The molecule has 0 heterocycles. The first-order valence-electron chi connectivity index (χ1n) is 4.59. The Bertz CT molecular complexity index is 213. The Morgan fingerprint density at radius 1 is 1.31 bits per heavy atom. The molecule has 0 aliphatic rings. The van der Waals surface area contributed by atoms with Gasteiger partial charge in [-0.3, -0.25) is 4.79 Å². The summed E-state index contributed by atoms with van der Waals surface area (Å²) in [7, 11) is -1.29. The summed E-state index contributed by atoms with van der Waals surface area (Å²) in [4.78, 5) is 11.5. The summed E-state index contributed by atoms with van der Waals surface area (Å²) in [5.41, 5.74) is 0. The maximum Gasteiger partial charge on any atom is 0.158 e. The number of ketones is 1. The summed E-state index contributed by atoms with van der Waals surface area (Å²) < 4.78 is 1.30. The van der Waals surface area contributed by atoms with E-state index in [0.29, 0.717) is 0 Å². The fourth-order valence-electron chi connectivity index (χ4n) is 0.877. The maximum absolute atomic E-state index is 11.5. The highest BCUT2D eigenvalue weighted by molar-refractivity contribution is 8.04. The Labute approximate surface area is 87.0 Å². The second-order valence-corrected chi connectivity index (χ2v) is 10.8. The van der Waals surface area contributed by atoms with E-state index in [2.05, 4.69) is 25.9 Å². The van der Waals surface area contributed by atoms with Gasteiger partial charge in [0, 0.05) is 5.92 Å². The van der Waals surface area contributed by atoms with Crippen molar-refractivity contribution in [2.75, 3.05) is 6.26 Å². The monoisotopic (exact) mass is 216 g/mol. The predicted octanol–water partition coefficient (Wildman–Crippen LogP) is 3.34. The van der Waals surface area contributed by atoms with Crippen LogP contribution in [0.5, 0.6) is 0 Å². The van der Waals surface area contributed by atoms with Gasteiger partial charge in [-0.1, -0.05) is 33.5 Å². The average molecular weight is 216 g/mol. The first-order valence-corrected chi connectivity index (χ1v) is 9.31. The van der Waals surface area contributed by atoms with Crippen LogP contribution in [0.2, 0.25) is 19.6 Å². The lowest BCUT2D eigenvalue weighted by molar-refractivity contribution is -0.117. The third-order valence-electron chi connectivity index (χ3n) is 1.80. The van der Waals surface area contributed by atoms with Gasteiger partial charge in [-0.15, -0.1) is 11.8 Å². The van der Waals surface area contributed by atoms with Crippen LogP contribution >= 0.6 is 11.8 Å². The Morgan fingerprint density at radius 2 is 1.77 bits per heavy atom. The molecule has 0 saturated carbocycles. The molecule has 0 aromatic carbocycles. The third kappa shape index (κ3) is 4.67. The molecule has 0 aliphatic carbocycles. The zero-order chi connectivity index (χ0) is 10.6. The quantitative estimate of drug-likeness (QED) is 0.529. The highest BCUT2D eigenvalue weighted by Crippen LogP contribution is 2.24. The van der Waals surface area contributed by atoms with E-state index in [1.807, 2.05) is 19.9 Å². The molecule has 0 unspecified atom stereocenters. The second-order valence-electron chi connectivity index (χ2n) is 4.52. The molecule has 0 amide bonds. The molecule has 3 heteroatoms. The second kappa shape index (κ2) is 5.01. The van der Waals surface area contributed by atoms with Crippen molar-refractivity contribution in [2.24, 2.45) is 5.92 Å². The van der Waals surface area contributed by atoms with Crippen molar-refractivity contribution >= 4 is 25.6 Å². The van der Waals surface area contributed by atoms with Gasteiger partial charge in [0.15, 0.2) is 5.78 Å². The summed E-state index contributed by atoms with van der Waals surface area (Å²) in [5.74, 6) is 0.380. The standard InChI is InChI=1S/C10H20OSSi/c1-8(2)9(11)7-10(12-3)13(4,5)6/h7-8H,1-6H3/b10-7-. The van der Waals surface area contributed by atoms with Crippen molar-refractivity contribution in [3.8, 4) is 0 Å². The SMILES string of the molecule is CS/C(=C/C(=O)C(C)C)[Si](C)(C)C. The zero-order valence-corrected chi connectivity index (χ0v) is 11.3. The molecule has 0 rings (SSSR count). The molecular formula is C10H20OSSi. The first-order chi connectivity index (χ1) is 5.79. The molecule has 0 radical (unpaired) electrons. The largest absolute Gasteiger partial charge is 0.295 e. The highest BCUT2D eigenvalue weighted by atomic mass is 32.2. The minimum atomic E-state index is -1.29. The van der Waals surface area contributed by atoms with E-state index in [4.69, 9.17) is 0 Å². The van der Waals surface area contributed by atoms with Crippen LogP contribution in [-0.2, 0) is 4.79 Å². The third-order valence-corrected chi connectivity index (χ3v) is 6.43. The number of hydrogen-bond donors (Lipinski definition) is 0. The van der Waals surface area contributed by atoms with E-state index < -0.39 is 8.07 Å². The van der Waals surface area contributed by atoms with Crippen LogP contribution < -0.4 is 0 Å². The molecule has 0 atom stereocenters. The van der Waals surface area contributed by atoms with Crippen LogP contribution in [0.1, 0.15) is 13.8 Å². The Kier molecular flexibility index (Phi) is 5.00. The number of hydrogen-bond acceptors (Lipinski definition) is 2. The van der Waals surface area contributed by atoms with Gasteiger partial charge in [0.25, 0.3) is 0 Å². The molecule has 76 valence electrons. The van der Waals surface area contributed by atoms with Crippen LogP contribution in [0.15, 0.2) is 10.6 Å². The molecule has 0 fully saturated rings. The van der Waals surface area contributed by atoms with E-state index in [1.165, 1.54) is 4.53 Å². The lowest BCUT2D eigenvalue weighted by atomic mass is 10.1. The molecule has 0 bridgehead atoms. The average Bonchev–Trinajstić information content (AvgIpc) is 1.96. The van der Waals surface area contributed by atoms with Crippen molar-refractivity contribution in [2.45, 2.75) is 33.5 Å². The Balaban J connectivity index is 4.68. The summed E-state index contributed by atoms with van der Waals surface area (Å²) >= 11 is 1.72. The molecule has 0 aromatic rings. The fourth-order valence-corrected chi connectivity index (χ4v) is 4.14. The number of allylic oxidation sites excluding steroid dienone is 1. The summed E-state index contributed by atoms with van der Waals surface area (Å²) in [6, 6.07) is 0. The van der Waals surface area contributed by atoms with Gasteiger partial charge >= 0.3 is 0 Å². The van der Waals surface area contributed by atoms with Gasteiger partial charge in [-0.05, 0) is 16.9 Å². The zero-order valence-electron chi connectivity index (χ0n) is 9.47. The molecule has 1 nitrogen and oxygen atoms in total. The van der Waals surface area contributed by atoms with Gasteiger partial charge in [0.05, 0.1) is 8.07 Å². The molecule has 0 aliphatic heterocycles. The maximum atomic E-state index is 11.5. The number of carbonyl (C=O) groups is 1. The number of carbonyl (C=O) groups excluding carboxylic acids is 1. The Morgan fingerprint density at radius 3 is 2.00 bits per heavy atom. The number of thioether (sulfide) groups is 1. The molecule has 0 N–H and O–H groups in total. The van der Waals surface area contributed by atoms with Gasteiger partial charge < -0.3 is 0 Å².